The summed E-state index contributed by atoms with van der Waals surface area (Å²) in [4.78, 5) is 0. The van der Waals surface area contributed by atoms with Gasteiger partial charge >= 0.3 is 0 Å². The lowest BCUT2D eigenvalue weighted by Crippen LogP contribution is -2.30. The van der Waals surface area contributed by atoms with Crippen LogP contribution in [0.5, 0.6) is 0 Å². The summed E-state index contributed by atoms with van der Waals surface area (Å²) in [5.74, 6) is 0. The van der Waals surface area contributed by atoms with E-state index in [1.165, 1.54) is 76.6 Å². The minimum absolute atomic E-state index is 0.111. The number of nitrogen functional groups attached to an aromatic ring is 2. The molecule has 0 bridgehead atoms. The maximum atomic E-state index is 6.21. The molecular weight excluding hydrogens is 484 g/mol. The number of aryl methyl sites for hydroxylation is 2. The Morgan fingerprint density at radius 1 is 0.525 bits per heavy atom. The zero-order chi connectivity index (χ0) is 28.0. The lowest BCUT2D eigenvalue weighted by atomic mass is 9.65. The van der Waals surface area contributed by atoms with Gasteiger partial charge in [-0.25, -0.2) is 0 Å². The molecule has 0 saturated heterocycles. The summed E-state index contributed by atoms with van der Waals surface area (Å²) in [7, 11) is 0. The molecule has 4 aromatic carbocycles. The maximum absolute atomic E-state index is 6.21. The van der Waals surface area contributed by atoms with Gasteiger partial charge in [-0.1, -0.05) is 119 Å². The van der Waals surface area contributed by atoms with Gasteiger partial charge in [0.05, 0.1) is 0 Å². The molecule has 40 heavy (non-hydrogen) atoms. The van der Waals surface area contributed by atoms with E-state index in [0.29, 0.717) is 0 Å². The van der Waals surface area contributed by atoms with Gasteiger partial charge in [-0.3, -0.25) is 0 Å². The second-order valence-electron chi connectivity index (χ2n) is 12.0. The van der Waals surface area contributed by atoms with Gasteiger partial charge in [-0.2, -0.15) is 0 Å². The van der Waals surface area contributed by atoms with Crippen LogP contribution in [0.2, 0.25) is 0 Å². The molecule has 0 radical (unpaired) electrons. The standard InChI is InChI=1S/C38H46N2/c1-3-8-32-26-30(14-20-36(32)39)24-28-10-16-34(17-11-28)38(22-6-5-7-23-38)35-18-12-29(13-19-35)25-31-15-21-37(40)33(27-31)9-4-2/h10-21,26-27H,3-9,22-25,39-40H2,1-2H3. The van der Waals surface area contributed by atoms with Crippen molar-refractivity contribution in [1.82, 2.24) is 0 Å². The summed E-state index contributed by atoms with van der Waals surface area (Å²) in [5, 5.41) is 0. The van der Waals surface area contributed by atoms with Crippen molar-refractivity contribution in [2.75, 3.05) is 11.5 Å². The highest BCUT2D eigenvalue weighted by Crippen LogP contribution is 2.45. The molecule has 4 aromatic rings. The number of nitrogens with two attached hydrogens (primary N) is 2. The average molecular weight is 531 g/mol. The van der Waals surface area contributed by atoms with Crippen LogP contribution in [0.4, 0.5) is 11.4 Å². The Morgan fingerprint density at radius 3 is 1.32 bits per heavy atom. The number of hydrogen-bond donors (Lipinski definition) is 2. The molecule has 5 rings (SSSR count). The van der Waals surface area contributed by atoms with E-state index in [9.17, 15) is 0 Å². The van der Waals surface area contributed by atoms with Crippen molar-refractivity contribution in [3.05, 3.63) is 129 Å². The summed E-state index contributed by atoms with van der Waals surface area (Å²) in [6, 6.07) is 32.1. The summed E-state index contributed by atoms with van der Waals surface area (Å²) >= 11 is 0. The van der Waals surface area contributed by atoms with Gasteiger partial charge in [0.25, 0.3) is 0 Å². The Labute approximate surface area is 241 Å². The maximum Gasteiger partial charge on any atom is 0.0346 e. The molecule has 0 atom stereocenters. The number of anilines is 2. The van der Waals surface area contributed by atoms with E-state index in [1.807, 2.05) is 0 Å². The molecule has 1 saturated carbocycles. The first-order valence-corrected chi connectivity index (χ1v) is 15.4. The Morgan fingerprint density at radius 2 is 0.925 bits per heavy atom. The summed E-state index contributed by atoms with van der Waals surface area (Å²) in [6.07, 6.45) is 12.6. The lowest BCUT2D eigenvalue weighted by Gasteiger charge is -2.39. The molecule has 0 spiro atoms. The minimum Gasteiger partial charge on any atom is -0.399 e. The fourth-order valence-corrected chi connectivity index (χ4v) is 6.76. The van der Waals surface area contributed by atoms with Crippen LogP contribution in [0.15, 0.2) is 84.9 Å². The van der Waals surface area contributed by atoms with Crippen molar-refractivity contribution in [2.45, 2.75) is 89.9 Å². The Hall–Kier alpha value is -3.52. The number of hydrogen-bond acceptors (Lipinski definition) is 2. The Bertz CT molecular complexity index is 1290. The van der Waals surface area contributed by atoms with Crippen LogP contribution in [0.1, 0.15) is 103 Å². The van der Waals surface area contributed by atoms with Crippen molar-refractivity contribution in [2.24, 2.45) is 0 Å². The van der Waals surface area contributed by atoms with Crippen LogP contribution in [-0.4, -0.2) is 0 Å². The van der Waals surface area contributed by atoms with Crippen molar-refractivity contribution < 1.29 is 0 Å². The molecule has 0 amide bonds. The van der Waals surface area contributed by atoms with Crippen LogP contribution in [0, 0.1) is 0 Å². The molecule has 0 unspecified atom stereocenters. The molecular formula is C38H46N2. The van der Waals surface area contributed by atoms with E-state index < -0.39 is 0 Å². The van der Waals surface area contributed by atoms with Gasteiger partial charge in [-0.05, 0) is 95.2 Å². The molecule has 0 aromatic heterocycles. The van der Waals surface area contributed by atoms with Gasteiger partial charge < -0.3 is 11.5 Å². The number of benzene rings is 4. The monoisotopic (exact) mass is 530 g/mol. The van der Waals surface area contributed by atoms with E-state index in [4.69, 9.17) is 11.5 Å². The highest BCUT2D eigenvalue weighted by atomic mass is 14.6. The molecule has 2 nitrogen and oxygen atoms in total. The summed E-state index contributed by atoms with van der Waals surface area (Å²) < 4.78 is 0. The largest absolute Gasteiger partial charge is 0.399 e. The van der Waals surface area contributed by atoms with Crippen LogP contribution in [0.25, 0.3) is 0 Å². The van der Waals surface area contributed by atoms with Crippen LogP contribution >= 0.6 is 0 Å². The van der Waals surface area contributed by atoms with Gasteiger partial charge in [0.1, 0.15) is 0 Å². The SMILES string of the molecule is CCCc1cc(Cc2ccc(C3(c4ccc(Cc5ccc(N)c(CCC)c5)cc4)CCCCC3)cc2)ccc1N. The zero-order valence-corrected chi connectivity index (χ0v) is 24.5. The third-order valence-corrected chi connectivity index (χ3v) is 8.99. The minimum atomic E-state index is 0.111. The molecule has 2 heteroatoms. The van der Waals surface area contributed by atoms with Crippen LogP contribution in [0.3, 0.4) is 0 Å². The van der Waals surface area contributed by atoms with E-state index in [-0.39, 0.29) is 5.41 Å². The Kier molecular flexibility index (Phi) is 8.94. The quantitative estimate of drug-likeness (QED) is 0.201. The molecule has 1 fully saturated rings. The van der Waals surface area contributed by atoms with E-state index in [2.05, 4.69) is 98.8 Å². The molecule has 208 valence electrons. The lowest BCUT2D eigenvalue weighted by molar-refractivity contribution is 0.346. The molecule has 0 aliphatic heterocycles. The fraction of sp³-hybridized carbons (Fsp3) is 0.368. The highest BCUT2D eigenvalue weighted by Gasteiger charge is 2.35. The van der Waals surface area contributed by atoms with Crippen molar-refractivity contribution >= 4 is 11.4 Å². The van der Waals surface area contributed by atoms with E-state index in [1.54, 1.807) is 0 Å². The van der Waals surface area contributed by atoms with Crippen LogP contribution in [-0.2, 0) is 31.1 Å². The third kappa shape index (κ3) is 6.28. The third-order valence-electron chi connectivity index (χ3n) is 8.99. The molecule has 1 aliphatic carbocycles. The normalized spacial score (nSPS) is 14.8. The zero-order valence-electron chi connectivity index (χ0n) is 24.5. The van der Waals surface area contributed by atoms with Crippen molar-refractivity contribution in [3.8, 4) is 0 Å². The summed E-state index contributed by atoms with van der Waals surface area (Å²) in [5.41, 5.74) is 25.3. The predicted molar refractivity (Wildman–Crippen MR) is 172 cm³/mol. The fourth-order valence-electron chi connectivity index (χ4n) is 6.76. The first-order chi connectivity index (χ1) is 19.5. The van der Waals surface area contributed by atoms with E-state index >= 15 is 0 Å². The predicted octanol–water partition coefficient (Wildman–Crippen LogP) is 9.19. The first kappa shape index (κ1) is 28.0. The van der Waals surface area contributed by atoms with Gasteiger partial charge in [-0.15, -0.1) is 0 Å². The second kappa shape index (κ2) is 12.8. The molecule has 1 aliphatic rings. The van der Waals surface area contributed by atoms with Crippen LogP contribution < -0.4 is 11.5 Å². The topological polar surface area (TPSA) is 52.0 Å². The van der Waals surface area contributed by atoms with Crippen molar-refractivity contribution in [3.63, 3.8) is 0 Å². The van der Waals surface area contributed by atoms with Crippen molar-refractivity contribution in [1.29, 1.82) is 0 Å². The smallest absolute Gasteiger partial charge is 0.0346 e. The second-order valence-corrected chi connectivity index (χ2v) is 12.0. The first-order valence-electron chi connectivity index (χ1n) is 15.4. The molecule has 4 N–H and O–H groups in total. The van der Waals surface area contributed by atoms with Gasteiger partial charge in [0.15, 0.2) is 0 Å². The Balaban J connectivity index is 1.35. The van der Waals surface area contributed by atoms with E-state index in [0.717, 1.165) is 49.9 Å². The number of rotatable bonds is 10. The average Bonchev–Trinajstić information content (AvgIpc) is 2.98. The molecule has 0 heterocycles. The van der Waals surface area contributed by atoms with Gasteiger partial charge in [0.2, 0.25) is 0 Å². The highest BCUT2D eigenvalue weighted by molar-refractivity contribution is 5.51. The van der Waals surface area contributed by atoms with Gasteiger partial charge in [0, 0.05) is 16.8 Å². The summed E-state index contributed by atoms with van der Waals surface area (Å²) in [6.45, 7) is 4.42.